The van der Waals surface area contributed by atoms with Crippen LogP contribution in [0.25, 0.3) is 0 Å². The van der Waals surface area contributed by atoms with E-state index in [0.29, 0.717) is 18.6 Å². The number of rotatable bonds is 3. The van der Waals surface area contributed by atoms with Crippen LogP contribution in [0.1, 0.15) is 33.6 Å². The van der Waals surface area contributed by atoms with Crippen LogP contribution in [0.5, 0.6) is 0 Å². The summed E-state index contributed by atoms with van der Waals surface area (Å²) in [6.45, 7) is 5.88. The molecular formula is C14H22N2O4S. The highest BCUT2D eigenvalue weighted by atomic mass is 32.2. The summed E-state index contributed by atoms with van der Waals surface area (Å²) >= 11 is 1.11. The second-order valence-electron chi connectivity index (χ2n) is 6.49. The van der Waals surface area contributed by atoms with Gasteiger partial charge in [0, 0.05) is 11.8 Å². The lowest BCUT2D eigenvalue weighted by atomic mass is 9.61. The van der Waals surface area contributed by atoms with Gasteiger partial charge in [0.05, 0.1) is 5.92 Å². The van der Waals surface area contributed by atoms with Crippen molar-refractivity contribution < 1.29 is 19.5 Å². The Labute approximate surface area is 128 Å². The largest absolute Gasteiger partial charge is 0.481 e. The Hall–Kier alpha value is -1.24. The van der Waals surface area contributed by atoms with Crippen LogP contribution in [-0.4, -0.2) is 40.1 Å². The first-order chi connectivity index (χ1) is 9.73. The third-order valence-electron chi connectivity index (χ3n) is 5.06. The predicted octanol–water partition coefficient (Wildman–Crippen LogP) is 1.45. The minimum absolute atomic E-state index is 0.0504. The maximum Gasteiger partial charge on any atom is 0.307 e. The van der Waals surface area contributed by atoms with Crippen LogP contribution in [0.2, 0.25) is 0 Å². The van der Waals surface area contributed by atoms with E-state index in [4.69, 9.17) is 0 Å². The number of amides is 2. The average Bonchev–Trinajstić information content (AvgIpc) is 2.81. The van der Waals surface area contributed by atoms with Crippen molar-refractivity contribution in [3.8, 4) is 0 Å². The Bertz CT molecular complexity index is 466. The molecule has 1 saturated heterocycles. The summed E-state index contributed by atoms with van der Waals surface area (Å²) in [7, 11) is 0. The van der Waals surface area contributed by atoms with Gasteiger partial charge in [0.1, 0.15) is 6.04 Å². The molecule has 0 aromatic heterocycles. The Morgan fingerprint density at radius 3 is 2.57 bits per heavy atom. The molecule has 2 aliphatic rings. The number of hydrogen-bond acceptors (Lipinski definition) is 4. The summed E-state index contributed by atoms with van der Waals surface area (Å²) < 4.78 is 0. The summed E-state index contributed by atoms with van der Waals surface area (Å²) in [6.07, 6.45) is 1.21. The van der Waals surface area contributed by atoms with Crippen LogP contribution in [0.15, 0.2) is 0 Å². The second-order valence-corrected chi connectivity index (χ2v) is 7.48. The summed E-state index contributed by atoms with van der Waals surface area (Å²) in [6, 6.07) is -0.527. The van der Waals surface area contributed by atoms with Gasteiger partial charge in [0.2, 0.25) is 5.91 Å². The first kappa shape index (κ1) is 16.1. The molecule has 2 rings (SSSR count). The van der Waals surface area contributed by atoms with E-state index in [0.717, 1.165) is 11.8 Å². The molecular weight excluding hydrogens is 292 g/mol. The van der Waals surface area contributed by atoms with Crippen molar-refractivity contribution in [2.24, 2.45) is 17.3 Å². The first-order valence-electron chi connectivity index (χ1n) is 7.20. The van der Waals surface area contributed by atoms with Crippen LogP contribution in [0, 0.1) is 17.3 Å². The third-order valence-corrected chi connectivity index (χ3v) is 5.94. The monoisotopic (exact) mass is 314 g/mol. The lowest BCUT2D eigenvalue weighted by Gasteiger charge is -2.46. The van der Waals surface area contributed by atoms with Crippen LogP contribution in [0.4, 0.5) is 4.79 Å². The molecule has 0 bridgehead atoms. The maximum absolute atomic E-state index is 12.2. The molecule has 3 N–H and O–H groups in total. The van der Waals surface area contributed by atoms with E-state index >= 15 is 0 Å². The minimum Gasteiger partial charge on any atom is -0.481 e. The van der Waals surface area contributed by atoms with Crippen LogP contribution in [-0.2, 0) is 9.59 Å². The van der Waals surface area contributed by atoms with E-state index in [-0.39, 0.29) is 34.4 Å². The van der Waals surface area contributed by atoms with Gasteiger partial charge in [-0.2, -0.15) is 0 Å². The van der Waals surface area contributed by atoms with Gasteiger partial charge in [-0.25, -0.2) is 0 Å². The summed E-state index contributed by atoms with van der Waals surface area (Å²) in [5.41, 5.74) is -0.379. The molecule has 2 fully saturated rings. The molecule has 4 unspecified atom stereocenters. The van der Waals surface area contributed by atoms with Crippen molar-refractivity contribution in [1.82, 2.24) is 10.6 Å². The standard InChI is InChI=1S/C14H22N2O4S/c1-7-9(5-4-8(12(18)19)14(7,2)3)15-11(17)10-6-21-13(20)16-10/h7-10H,4-6H2,1-3H3,(H,15,17)(H,16,20)(H,18,19). The van der Waals surface area contributed by atoms with E-state index in [2.05, 4.69) is 10.6 Å². The zero-order valence-electron chi connectivity index (χ0n) is 12.5. The molecule has 1 aliphatic carbocycles. The van der Waals surface area contributed by atoms with Gasteiger partial charge in [-0.15, -0.1) is 0 Å². The minimum atomic E-state index is -0.768. The van der Waals surface area contributed by atoms with Crippen molar-refractivity contribution in [2.45, 2.75) is 45.7 Å². The predicted molar refractivity (Wildman–Crippen MR) is 80.0 cm³/mol. The highest BCUT2D eigenvalue weighted by Gasteiger charge is 2.47. The van der Waals surface area contributed by atoms with Crippen molar-refractivity contribution in [1.29, 1.82) is 0 Å². The molecule has 0 aromatic rings. The Morgan fingerprint density at radius 2 is 2.05 bits per heavy atom. The van der Waals surface area contributed by atoms with Crippen molar-refractivity contribution >= 4 is 28.9 Å². The molecule has 1 heterocycles. The van der Waals surface area contributed by atoms with Gasteiger partial charge in [-0.1, -0.05) is 32.5 Å². The summed E-state index contributed by atoms with van der Waals surface area (Å²) in [5, 5.41) is 14.8. The number of carboxylic acid groups (broad SMARTS) is 1. The van der Waals surface area contributed by atoms with Gasteiger partial charge < -0.3 is 15.7 Å². The molecule has 7 heteroatoms. The van der Waals surface area contributed by atoms with Crippen LogP contribution in [0.3, 0.4) is 0 Å². The number of hydrogen-bond donors (Lipinski definition) is 3. The molecule has 0 aromatic carbocycles. The number of nitrogens with one attached hydrogen (secondary N) is 2. The van der Waals surface area contributed by atoms with E-state index in [1.165, 1.54) is 0 Å². The molecule has 1 saturated carbocycles. The van der Waals surface area contributed by atoms with Gasteiger partial charge >= 0.3 is 5.97 Å². The van der Waals surface area contributed by atoms with Gasteiger partial charge in [-0.3, -0.25) is 14.4 Å². The molecule has 118 valence electrons. The lowest BCUT2D eigenvalue weighted by molar-refractivity contribution is -0.150. The van der Waals surface area contributed by atoms with Gasteiger partial charge in [0.15, 0.2) is 0 Å². The van der Waals surface area contributed by atoms with E-state index < -0.39 is 12.0 Å². The highest BCUT2D eigenvalue weighted by Crippen LogP contribution is 2.45. The first-order valence-corrected chi connectivity index (χ1v) is 8.18. The number of thioether (sulfide) groups is 1. The zero-order chi connectivity index (χ0) is 15.8. The quantitative estimate of drug-likeness (QED) is 0.733. The van der Waals surface area contributed by atoms with Crippen molar-refractivity contribution in [3.05, 3.63) is 0 Å². The topological polar surface area (TPSA) is 95.5 Å². The number of carbonyl (C=O) groups excluding carboxylic acids is 2. The lowest BCUT2D eigenvalue weighted by Crippen LogP contribution is -2.55. The smallest absolute Gasteiger partial charge is 0.307 e. The van der Waals surface area contributed by atoms with Crippen molar-refractivity contribution in [3.63, 3.8) is 0 Å². The maximum atomic E-state index is 12.2. The van der Waals surface area contributed by atoms with Gasteiger partial charge in [0.25, 0.3) is 5.24 Å². The average molecular weight is 314 g/mol. The molecule has 1 aliphatic heterocycles. The molecule has 2 amide bonds. The Kier molecular flexibility index (Phi) is 4.51. The van der Waals surface area contributed by atoms with E-state index in [9.17, 15) is 19.5 Å². The van der Waals surface area contributed by atoms with Crippen molar-refractivity contribution in [2.75, 3.05) is 5.75 Å². The molecule has 6 nitrogen and oxygen atoms in total. The van der Waals surface area contributed by atoms with Crippen LogP contribution < -0.4 is 10.6 Å². The zero-order valence-corrected chi connectivity index (χ0v) is 13.3. The third kappa shape index (κ3) is 3.17. The summed E-state index contributed by atoms with van der Waals surface area (Å²) in [4.78, 5) is 34.7. The Balaban J connectivity index is 2.00. The fourth-order valence-corrected chi connectivity index (χ4v) is 4.03. The second kappa shape index (κ2) is 5.87. The number of aliphatic carboxylic acids is 1. The number of carboxylic acids is 1. The summed E-state index contributed by atoms with van der Waals surface area (Å²) in [5.74, 6) is -0.818. The number of carbonyl (C=O) groups is 3. The van der Waals surface area contributed by atoms with Crippen LogP contribution >= 0.6 is 11.8 Å². The normalized spacial score (nSPS) is 35.1. The molecule has 4 atom stereocenters. The fraction of sp³-hybridized carbons (Fsp3) is 0.786. The Morgan fingerprint density at radius 1 is 1.38 bits per heavy atom. The molecule has 21 heavy (non-hydrogen) atoms. The van der Waals surface area contributed by atoms with E-state index in [1.807, 2.05) is 20.8 Å². The molecule has 0 radical (unpaired) electrons. The van der Waals surface area contributed by atoms with E-state index in [1.54, 1.807) is 0 Å². The SMILES string of the molecule is CC1C(NC(=O)C2CSC(=O)N2)CCC(C(=O)O)C1(C)C. The van der Waals surface area contributed by atoms with Gasteiger partial charge in [-0.05, 0) is 24.2 Å². The highest BCUT2D eigenvalue weighted by molar-refractivity contribution is 8.14. The molecule has 0 spiro atoms. The fourth-order valence-electron chi connectivity index (χ4n) is 3.25.